The molecule has 1 rings (SSSR count). The summed E-state index contributed by atoms with van der Waals surface area (Å²) in [6.45, 7) is 0.701. The van der Waals surface area contributed by atoms with Crippen LogP contribution < -0.4 is 0 Å². The van der Waals surface area contributed by atoms with E-state index in [2.05, 4.69) is 0 Å². The Kier molecular flexibility index (Phi) is 7.46. The van der Waals surface area contributed by atoms with Crippen molar-refractivity contribution < 1.29 is 14.6 Å². The first-order chi connectivity index (χ1) is 8.74. The number of halogens is 1. The van der Waals surface area contributed by atoms with E-state index in [1.165, 1.54) is 0 Å². The lowest BCUT2D eigenvalue weighted by molar-refractivity contribution is 0.0497. The molecule has 1 aromatic rings. The number of aliphatic hydroxyl groups is 1. The predicted molar refractivity (Wildman–Crippen MR) is 71.9 cm³/mol. The van der Waals surface area contributed by atoms with Gasteiger partial charge in [-0.3, -0.25) is 0 Å². The molecule has 0 amide bonds. The molecule has 1 N–H and O–H groups in total. The van der Waals surface area contributed by atoms with E-state index >= 15 is 0 Å². The van der Waals surface area contributed by atoms with Crippen LogP contribution in [0.3, 0.4) is 0 Å². The number of ether oxygens (including phenoxy) is 1. The Labute approximate surface area is 113 Å². The van der Waals surface area contributed by atoms with Crippen LogP contribution in [0.2, 0.25) is 5.02 Å². The van der Waals surface area contributed by atoms with E-state index < -0.39 is 0 Å². The van der Waals surface area contributed by atoms with Gasteiger partial charge in [0.2, 0.25) is 0 Å². The second-order valence-electron chi connectivity index (χ2n) is 4.13. The molecule has 0 aliphatic carbocycles. The number of benzene rings is 1. The minimum atomic E-state index is -0.304. The van der Waals surface area contributed by atoms with Crippen LogP contribution in [0.25, 0.3) is 0 Å². The number of carbonyl (C=O) groups is 1. The molecule has 0 aliphatic rings. The number of esters is 1. The average Bonchev–Trinajstić information content (AvgIpc) is 2.38. The van der Waals surface area contributed by atoms with Crippen molar-refractivity contribution in [3.05, 3.63) is 34.9 Å². The van der Waals surface area contributed by atoms with Crippen molar-refractivity contribution in [1.82, 2.24) is 0 Å². The quantitative estimate of drug-likeness (QED) is 0.581. The van der Waals surface area contributed by atoms with Crippen LogP contribution in [0, 0.1) is 0 Å². The van der Waals surface area contributed by atoms with Gasteiger partial charge in [0.1, 0.15) is 0 Å². The SMILES string of the molecule is O=C(OCCCCCCCO)c1ccc(Cl)cc1. The highest BCUT2D eigenvalue weighted by molar-refractivity contribution is 6.30. The maximum absolute atomic E-state index is 11.6. The molecule has 100 valence electrons. The van der Waals surface area contributed by atoms with Crippen molar-refractivity contribution in [3.63, 3.8) is 0 Å². The summed E-state index contributed by atoms with van der Waals surface area (Å²) < 4.78 is 5.14. The van der Waals surface area contributed by atoms with Gasteiger partial charge in [0, 0.05) is 11.6 Å². The molecule has 1 aromatic carbocycles. The molecule has 0 radical (unpaired) electrons. The van der Waals surface area contributed by atoms with E-state index in [1.807, 2.05) is 0 Å². The third-order valence-electron chi connectivity index (χ3n) is 2.62. The molecule has 3 nitrogen and oxygen atoms in total. The first-order valence-corrected chi connectivity index (χ1v) is 6.65. The lowest BCUT2D eigenvalue weighted by Gasteiger charge is -2.04. The van der Waals surface area contributed by atoms with E-state index in [0.717, 1.165) is 32.1 Å². The second kappa shape index (κ2) is 8.95. The number of unbranched alkanes of at least 4 members (excludes halogenated alkanes) is 4. The van der Waals surface area contributed by atoms with E-state index in [1.54, 1.807) is 24.3 Å². The molecule has 0 spiro atoms. The highest BCUT2D eigenvalue weighted by Gasteiger charge is 2.05. The van der Waals surface area contributed by atoms with Gasteiger partial charge < -0.3 is 9.84 Å². The highest BCUT2D eigenvalue weighted by atomic mass is 35.5. The van der Waals surface area contributed by atoms with Gasteiger partial charge in [-0.1, -0.05) is 30.9 Å². The molecule has 0 unspecified atom stereocenters. The van der Waals surface area contributed by atoms with Crippen LogP contribution in [0.5, 0.6) is 0 Å². The fraction of sp³-hybridized carbons (Fsp3) is 0.500. The van der Waals surface area contributed by atoms with Gasteiger partial charge in [-0.25, -0.2) is 4.79 Å². The van der Waals surface area contributed by atoms with Gasteiger partial charge in [-0.2, -0.15) is 0 Å². The normalized spacial score (nSPS) is 10.3. The van der Waals surface area contributed by atoms with E-state index in [-0.39, 0.29) is 12.6 Å². The average molecular weight is 271 g/mol. The van der Waals surface area contributed by atoms with E-state index in [9.17, 15) is 4.79 Å². The lowest BCUT2D eigenvalue weighted by Crippen LogP contribution is -2.06. The Bertz CT molecular complexity index is 349. The smallest absolute Gasteiger partial charge is 0.338 e. The van der Waals surface area contributed by atoms with Gasteiger partial charge in [0.15, 0.2) is 0 Å². The Balaban J connectivity index is 2.12. The molecule has 0 heterocycles. The van der Waals surface area contributed by atoms with Gasteiger partial charge in [0.05, 0.1) is 12.2 Å². The van der Waals surface area contributed by atoms with Crippen molar-refractivity contribution in [2.75, 3.05) is 13.2 Å². The minimum absolute atomic E-state index is 0.256. The maximum atomic E-state index is 11.6. The minimum Gasteiger partial charge on any atom is -0.462 e. The van der Waals surface area contributed by atoms with Crippen molar-refractivity contribution >= 4 is 17.6 Å². The Morgan fingerprint density at radius 1 is 1.06 bits per heavy atom. The Morgan fingerprint density at radius 3 is 2.33 bits per heavy atom. The zero-order valence-corrected chi connectivity index (χ0v) is 11.2. The van der Waals surface area contributed by atoms with Crippen molar-refractivity contribution in [3.8, 4) is 0 Å². The molecule has 0 atom stereocenters. The number of hydrogen-bond acceptors (Lipinski definition) is 3. The third-order valence-corrected chi connectivity index (χ3v) is 2.87. The summed E-state index contributed by atoms with van der Waals surface area (Å²) in [7, 11) is 0. The van der Waals surface area contributed by atoms with Crippen LogP contribution >= 0.6 is 11.6 Å². The summed E-state index contributed by atoms with van der Waals surface area (Å²) in [4.78, 5) is 11.6. The molecule has 4 heteroatoms. The standard InChI is InChI=1S/C14H19ClO3/c15-13-8-6-12(7-9-13)14(17)18-11-5-3-1-2-4-10-16/h6-9,16H,1-5,10-11H2. The maximum Gasteiger partial charge on any atom is 0.338 e. The number of rotatable bonds is 8. The molecule has 18 heavy (non-hydrogen) atoms. The van der Waals surface area contributed by atoms with Crippen LogP contribution in [0.1, 0.15) is 42.5 Å². The molecule has 0 aliphatic heterocycles. The summed E-state index contributed by atoms with van der Waals surface area (Å²) >= 11 is 5.73. The zero-order chi connectivity index (χ0) is 13.2. The largest absolute Gasteiger partial charge is 0.462 e. The van der Waals surface area contributed by atoms with Crippen LogP contribution in [0.15, 0.2) is 24.3 Å². The number of aliphatic hydroxyl groups excluding tert-OH is 1. The van der Waals surface area contributed by atoms with E-state index in [4.69, 9.17) is 21.4 Å². The van der Waals surface area contributed by atoms with E-state index in [0.29, 0.717) is 17.2 Å². The molecule has 0 saturated heterocycles. The van der Waals surface area contributed by atoms with Crippen LogP contribution in [-0.2, 0) is 4.74 Å². The first kappa shape index (κ1) is 15.0. The molecule has 0 saturated carbocycles. The number of hydrogen-bond donors (Lipinski definition) is 1. The van der Waals surface area contributed by atoms with Crippen molar-refractivity contribution in [2.24, 2.45) is 0 Å². The summed E-state index contributed by atoms with van der Waals surface area (Å²) in [5.41, 5.74) is 0.527. The van der Waals surface area contributed by atoms with Gasteiger partial charge in [-0.05, 0) is 37.1 Å². The monoisotopic (exact) mass is 270 g/mol. The van der Waals surface area contributed by atoms with Gasteiger partial charge in [0.25, 0.3) is 0 Å². The van der Waals surface area contributed by atoms with Crippen molar-refractivity contribution in [2.45, 2.75) is 32.1 Å². The number of carbonyl (C=O) groups excluding carboxylic acids is 1. The Hall–Kier alpha value is -1.06. The highest BCUT2D eigenvalue weighted by Crippen LogP contribution is 2.11. The zero-order valence-electron chi connectivity index (χ0n) is 10.4. The lowest BCUT2D eigenvalue weighted by atomic mass is 10.1. The van der Waals surface area contributed by atoms with Gasteiger partial charge >= 0.3 is 5.97 Å². The fourth-order valence-corrected chi connectivity index (χ4v) is 1.70. The fourth-order valence-electron chi connectivity index (χ4n) is 1.58. The summed E-state index contributed by atoms with van der Waals surface area (Å²) in [6, 6.07) is 6.66. The second-order valence-corrected chi connectivity index (χ2v) is 4.57. The summed E-state index contributed by atoms with van der Waals surface area (Å²) in [5.74, 6) is -0.304. The van der Waals surface area contributed by atoms with Gasteiger partial charge in [-0.15, -0.1) is 0 Å². The Morgan fingerprint density at radius 2 is 1.67 bits per heavy atom. The third kappa shape index (κ3) is 6.03. The molecular formula is C14H19ClO3. The van der Waals surface area contributed by atoms with Crippen LogP contribution in [0.4, 0.5) is 0 Å². The topological polar surface area (TPSA) is 46.5 Å². The molecule has 0 bridgehead atoms. The first-order valence-electron chi connectivity index (χ1n) is 6.27. The summed E-state index contributed by atoms with van der Waals surface area (Å²) in [6.07, 6.45) is 4.84. The van der Waals surface area contributed by atoms with Crippen molar-refractivity contribution in [1.29, 1.82) is 0 Å². The van der Waals surface area contributed by atoms with Crippen LogP contribution in [-0.4, -0.2) is 24.3 Å². The predicted octanol–water partition coefficient (Wildman–Crippen LogP) is 3.44. The molecule has 0 fully saturated rings. The summed E-state index contributed by atoms with van der Waals surface area (Å²) in [5, 5.41) is 9.22. The molecule has 0 aromatic heterocycles. The molecular weight excluding hydrogens is 252 g/mol.